The van der Waals surface area contributed by atoms with Crippen molar-refractivity contribution in [2.75, 3.05) is 38.3 Å². The van der Waals surface area contributed by atoms with Gasteiger partial charge in [0.15, 0.2) is 0 Å². The average molecular weight is 835 g/mol. The molecule has 298 valence electrons. The van der Waals surface area contributed by atoms with Crippen LogP contribution < -0.4 is 10.1 Å². The number of nitrogens with one attached hydrogen (secondary N) is 1. The Balaban J connectivity index is 0.00000107. The van der Waals surface area contributed by atoms with Gasteiger partial charge in [-0.15, -0.1) is 5.06 Å². The third-order valence-electron chi connectivity index (χ3n) is 6.28. The summed E-state index contributed by atoms with van der Waals surface area (Å²) in [6.07, 6.45) is -5.51. The number of carbonyl (C=O) groups excluding carboxylic acids is 3. The van der Waals surface area contributed by atoms with Gasteiger partial charge in [0.2, 0.25) is 0 Å². The summed E-state index contributed by atoms with van der Waals surface area (Å²) in [7, 11) is -19.3. The Kier molecular flexibility index (Phi) is 17.5. The van der Waals surface area contributed by atoms with Crippen LogP contribution in [0.2, 0.25) is 0 Å². The molecule has 1 aliphatic rings. The van der Waals surface area contributed by atoms with E-state index in [9.17, 15) is 71.8 Å². The number of ether oxygens (including phenoxy) is 1. The van der Waals surface area contributed by atoms with E-state index in [-0.39, 0.29) is 49.6 Å². The normalized spacial score (nSPS) is 14.0. The Morgan fingerprint density at radius 1 is 0.755 bits per heavy atom. The molecule has 53 heavy (non-hydrogen) atoms. The van der Waals surface area contributed by atoms with E-state index in [0.717, 1.165) is 11.4 Å². The summed E-state index contributed by atoms with van der Waals surface area (Å²) in [5, 5.41) is 2.63. The molecule has 23 nitrogen and oxygen atoms in total. The van der Waals surface area contributed by atoms with Crippen molar-refractivity contribution in [3.05, 3.63) is 53.1 Å². The second kappa shape index (κ2) is 20.1. The molecule has 0 saturated carbocycles. The van der Waals surface area contributed by atoms with E-state index in [1.54, 1.807) is 0 Å². The van der Waals surface area contributed by atoms with Crippen LogP contribution in [-0.2, 0) is 45.8 Å². The number of hydrogen-bond donors (Lipinski definition) is 9. The quantitative estimate of drug-likeness (QED) is 0.0560. The van der Waals surface area contributed by atoms with Crippen molar-refractivity contribution in [1.29, 1.82) is 0 Å². The molecule has 0 bridgehead atoms. The highest BCUT2D eigenvalue weighted by Crippen LogP contribution is 2.42. The molecule has 0 spiro atoms. The first kappa shape index (κ1) is 46.2. The van der Waals surface area contributed by atoms with E-state index in [0.29, 0.717) is 14.9 Å². The largest absolute Gasteiger partial charge is 0.493 e. The van der Waals surface area contributed by atoms with Crippen LogP contribution in [0, 0.1) is 13.8 Å². The highest BCUT2D eigenvalue weighted by molar-refractivity contribution is 7.53. The van der Waals surface area contributed by atoms with E-state index in [2.05, 4.69) is 20.1 Å². The van der Waals surface area contributed by atoms with Gasteiger partial charge in [-0.2, -0.15) is 0 Å². The number of hydrogen-bond acceptors (Lipinski definition) is 13. The Morgan fingerprint density at radius 2 is 1.17 bits per heavy atom. The van der Waals surface area contributed by atoms with Gasteiger partial charge in [0.25, 0.3) is 11.8 Å². The number of aromatic nitrogens is 2. The SMILES string of the molecule is Cc1cccc(C)n1.O=C(NCCCOc1cc(CN(CP(=O)(O)O)CP(=O)(O)O)nc(CN(CP(=O)(O)O)CP(=O)(O)O)c1)ON1C(=O)CCC1=O. The molecule has 1 saturated heterocycles. The standard InChI is InChI=1S/C19H33N5O17P4.C7H9N/c25-17-2-3-18(26)24(17)41-19(27)20-4-1-5-40-16-6-14(8-22(10-42(28,29)30)11-43(31,32)33)21-15(7-16)9-23(12-44(34,35)36)13-45(37,38)39;1-6-4-3-5-7(2)8-6/h6-7H,1-5,8-13H2,(H,20,27)(H2,28,29,30)(H2,31,32,33)(H2,34,35,36)(H2,37,38,39);3-5H,1-2H3. The molecular weight excluding hydrogens is 792 g/mol. The van der Waals surface area contributed by atoms with E-state index in [4.69, 9.17) is 4.74 Å². The van der Waals surface area contributed by atoms with Crippen LogP contribution in [-0.4, -0.2) is 120 Å². The number of carbonyl (C=O) groups is 3. The molecule has 3 rings (SSSR count). The number of nitrogens with zero attached hydrogens (tertiary/aromatic N) is 5. The lowest BCUT2D eigenvalue weighted by atomic mass is 10.2. The summed E-state index contributed by atoms with van der Waals surface area (Å²) in [6.45, 7) is 2.64. The highest BCUT2D eigenvalue weighted by atomic mass is 31.2. The van der Waals surface area contributed by atoms with Crippen LogP contribution >= 0.6 is 30.4 Å². The van der Waals surface area contributed by atoms with Crippen LogP contribution in [0.5, 0.6) is 5.75 Å². The summed E-state index contributed by atoms with van der Waals surface area (Å²) in [5.74, 6) is -1.38. The maximum absolute atomic E-state index is 11.9. The molecule has 27 heteroatoms. The molecular formula is C26H42N6O17P4. The summed E-state index contributed by atoms with van der Waals surface area (Å²) in [5.41, 5.74) is 1.98. The fourth-order valence-corrected chi connectivity index (χ4v) is 7.76. The van der Waals surface area contributed by atoms with Gasteiger partial charge < -0.3 is 54.0 Å². The molecule has 2 aromatic heterocycles. The fourth-order valence-electron chi connectivity index (χ4n) is 4.56. The summed E-state index contributed by atoms with van der Waals surface area (Å²) >= 11 is 0. The minimum Gasteiger partial charge on any atom is -0.493 e. The molecule has 0 radical (unpaired) electrons. The minimum absolute atomic E-state index is 0.0227. The van der Waals surface area contributed by atoms with Crippen molar-refractivity contribution in [2.45, 2.75) is 46.2 Å². The third kappa shape index (κ3) is 20.9. The minimum atomic E-state index is -4.83. The van der Waals surface area contributed by atoms with E-state index in [1.807, 2.05) is 32.0 Å². The van der Waals surface area contributed by atoms with Crippen LogP contribution in [0.1, 0.15) is 42.0 Å². The first-order valence-corrected chi connectivity index (χ1v) is 22.4. The van der Waals surface area contributed by atoms with Crippen molar-refractivity contribution in [1.82, 2.24) is 30.1 Å². The zero-order valence-electron chi connectivity index (χ0n) is 28.4. The monoisotopic (exact) mass is 834 g/mol. The highest BCUT2D eigenvalue weighted by Gasteiger charge is 2.33. The topological polar surface area (TPSA) is 347 Å². The average Bonchev–Trinajstić information content (AvgIpc) is 3.25. The molecule has 9 N–H and O–H groups in total. The van der Waals surface area contributed by atoms with Crippen molar-refractivity contribution < 1.29 is 81.4 Å². The third-order valence-corrected chi connectivity index (χ3v) is 9.35. The number of imide groups is 1. The Labute approximate surface area is 302 Å². The number of aryl methyl sites for hydroxylation is 2. The molecule has 2 aromatic rings. The summed E-state index contributed by atoms with van der Waals surface area (Å²) in [6, 6.07) is 8.44. The molecule has 0 atom stereocenters. The first-order valence-electron chi connectivity index (χ1n) is 15.2. The van der Waals surface area contributed by atoms with Gasteiger partial charge >= 0.3 is 36.5 Å². The molecule has 3 amide bonds. The molecule has 3 heterocycles. The Morgan fingerprint density at radius 3 is 1.53 bits per heavy atom. The van der Waals surface area contributed by atoms with Gasteiger partial charge in [-0.1, -0.05) is 6.07 Å². The van der Waals surface area contributed by atoms with Crippen molar-refractivity contribution in [2.24, 2.45) is 0 Å². The van der Waals surface area contributed by atoms with Gasteiger partial charge in [-0.05, 0) is 32.4 Å². The van der Waals surface area contributed by atoms with Gasteiger partial charge in [0.1, 0.15) is 30.9 Å². The van der Waals surface area contributed by atoms with E-state index >= 15 is 0 Å². The second-order valence-corrected chi connectivity index (χ2v) is 18.1. The van der Waals surface area contributed by atoms with E-state index in [1.165, 1.54) is 12.1 Å². The van der Waals surface area contributed by atoms with Crippen molar-refractivity contribution in [3.8, 4) is 5.75 Å². The van der Waals surface area contributed by atoms with Gasteiger partial charge in [-0.25, -0.2) is 4.79 Å². The van der Waals surface area contributed by atoms with Crippen molar-refractivity contribution in [3.63, 3.8) is 0 Å². The van der Waals surface area contributed by atoms with Gasteiger partial charge in [0.05, 0.1) is 18.0 Å². The summed E-state index contributed by atoms with van der Waals surface area (Å²) in [4.78, 5) is 124. The van der Waals surface area contributed by atoms with Gasteiger partial charge in [0, 0.05) is 56.0 Å². The Hall–Kier alpha value is -2.97. The Bertz CT molecular complexity index is 1620. The van der Waals surface area contributed by atoms with Crippen molar-refractivity contribution >= 4 is 48.3 Å². The lowest BCUT2D eigenvalue weighted by Crippen LogP contribution is -2.37. The molecule has 1 fully saturated rings. The number of pyridine rings is 2. The van der Waals surface area contributed by atoms with Crippen LogP contribution in [0.15, 0.2) is 30.3 Å². The maximum Gasteiger partial charge on any atom is 0.432 e. The smallest absolute Gasteiger partial charge is 0.432 e. The number of rotatable bonds is 18. The predicted molar refractivity (Wildman–Crippen MR) is 182 cm³/mol. The van der Waals surface area contributed by atoms with Crippen LogP contribution in [0.25, 0.3) is 0 Å². The number of hydroxylamine groups is 2. The fraction of sp³-hybridized carbons (Fsp3) is 0.500. The molecule has 0 aromatic carbocycles. The zero-order chi connectivity index (χ0) is 40.2. The second-order valence-electron chi connectivity index (χ2n) is 11.7. The molecule has 1 aliphatic heterocycles. The number of amides is 3. The molecule has 0 aliphatic carbocycles. The van der Waals surface area contributed by atoms with Crippen LogP contribution in [0.4, 0.5) is 4.79 Å². The van der Waals surface area contributed by atoms with Gasteiger partial charge in [-0.3, -0.25) is 47.6 Å². The first-order chi connectivity index (χ1) is 24.3. The zero-order valence-corrected chi connectivity index (χ0v) is 32.0. The lowest BCUT2D eigenvalue weighted by molar-refractivity contribution is -0.171. The van der Waals surface area contributed by atoms with Crippen LogP contribution in [0.3, 0.4) is 0 Å². The maximum atomic E-state index is 11.9. The lowest BCUT2D eigenvalue weighted by Gasteiger charge is -2.25. The van der Waals surface area contributed by atoms with E-state index < -0.39 is 86.5 Å². The summed E-state index contributed by atoms with van der Waals surface area (Å²) < 4.78 is 51.9. The molecule has 0 unspecified atom stereocenters. The predicted octanol–water partition coefficient (Wildman–Crippen LogP) is 0.484.